The molecule has 6 rings (SSSR count). The molecule has 132 valence electrons. The lowest BCUT2D eigenvalue weighted by Crippen LogP contribution is -2.48. The van der Waals surface area contributed by atoms with Gasteiger partial charge in [-0.1, -0.05) is 0 Å². The first-order valence-electron chi connectivity index (χ1n) is 9.60. The number of benzene rings is 1. The predicted octanol–water partition coefficient (Wildman–Crippen LogP) is 4.92. The van der Waals surface area contributed by atoms with E-state index < -0.39 is 0 Å². The number of thiazole rings is 1. The van der Waals surface area contributed by atoms with Crippen LogP contribution in [0.1, 0.15) is 49.8 Å². The molecule has 0 aliphatic heterocycles. The monoisotopic (exact) mass is 356 g/mol. The van der Waals surface area contributed by atoms with Crippen LogP contribution in [0.5, 0.6) is 0 Å². The zero-order valence-electron chi connectivity index (χ0n) is 14.5. The SMILES string of the molecule is NCCc1csc(-c2ccc(F)c(C34CC5CC(CC(C5)C3)C4)c2)n1. The molecule has 1 heterocycles. The summed E-state index contributed by atoms with van der Waals surface area (Å²) in [5.41, 5.74) is 8.81. The Balaban J connectivity index is 1.53. The Labute approximate surface area is 152 Å². The average molecular weight is 357 g/mol. The van der Waals surface area contributed by atoms with Gasteiger partial charge in [0.25, 0.3) is 0 Å². The maximum absolute atomic E-state index is 14.9. The Morgan fingerprint density at radius 3 is 2.44 bits per heavy atom. The fourth-order valence-electron chi connectivity index (χ4n) is 6.21. The van der Waals surface area contributed by atoms with Crippen LogP contribution in [-0.4, -0.2) is 11.5 Å². The fourth-order valence-corrected chi connectivity index (χ4v) is 7.06. The van der Waals surface area contributed by atoms with Crippen molar-refractivity contribution < 1.29 is 4.39 Å². The van der Waals surface area contributed by atoms with Gasteiger partial charge in [-0.15, -0.1) is 11.3 Å². The highest BCUT2D eigenvalue weighted by Crippen LogP contribution is 2.61. The number of hydrogen-bond acceptors (Lipinski definition) is 3. The summed E-state index contributed by atoms with van der Waals surface area (Å²) < 4.78 is 14.9. The van der Waals surface area contributed by atoms with Gasteiger partial charge >= 0.3 is 0 Å². The van der Waals surface area contributed by atoms with E-state index in [1.807, 2.05) is 6.07 Å². The van der Waals surface area contributed by atoms with E-state index in [1.54, 1.807) is 17.4 Å². The van der Waals surface area contributed by atoms with Gasteiger partial charge < -0.3 is 5.73 Å². The molecule has 0 radical (unpaired) electrons. The van der Waals surface area contributed by atoms with Gasteiger partial charge in [0.1, 0.15) is 10.8 Å². The van der Waals surface area contributed by atoms with Crippen LogP contribution in [0.15, 0.2) is 23.6 Å². The van der Waals surface area contributed by atoms with E-state index in [1.165, 1.54) is 38.5 Å². The van der Waals surface area contributed by atoms with Crippen molar-refractivity contribution in [2.45, 2.75) is 50.4 Å². The molecule has 2 N–H and O–H groups in total. The Morgan fingerprint density at radius 1 is 1.12 bits per heavy atom. The summed E-state index contributed by atoms with van der Waals surface area (Å²) >= 11 is 1.65. The minimum Gasteiger partial charge on any atom is -0.330 e. The van der Waals surface area contributed by atoms with Crippen LogP contribution in [-0.2, 0) is 11.8 Å². The Hall–Kier alpha value is -1.26. The van der Waals surface area contributed by atoms with Crippen molar-refractivity contribution in [3.05, 3.63) is 40.7 Å². The summed E-state index contributed by atoms with van der Waals surface area (Å²) in [6.07, 6.45) is 8.53. The number of rotatable bonds is 4. The van der Waals surface area contributed by atoms with Gasteiger partial charge in [-0.3, -0.25) is 0 Å². The van der Waals surface area contributed by atoms with E-state index in [-0.39, 0.29) is 11.2 Å². The average Bonchev–Trinajstić information content (AvgIpc) is 3.03. The Kier molecular flexibility index (Phi) is 3.75. The van der Waals surface area contributed by atoms with Crippen LogP contribution >= 0.6 is 11.3 Å². The fraction of sp³-hybridized carbons (Fsp3) is 0.571. The molecule has 2 nitrogen and oxygen atoms in total. The van der Waals surface area contributed by atoms with Gasteiger partial charge in [0.15, 0.2) is 0 Å². The summed E-state index contributed by atoms with van der Waals surface area (Å²) in [7, 11) is 0. The van der Waals surface area contributed by atoms with Gasteiger partial charge in [0.05, 0.1) is 5.69 Å². The van der Waals surface area contributed by atoms with Gasteiger partial charge in [-0.25, -0.2) is 9.37 Å². The minimum absolute atomic E-state index is 0.00978. The Morgan fingerprint density at radius 2 is 1.80 bits per heavy atom. The molecule has 0 amide bonds. The van der Waals surface area contributed by atoms with E-state index in [9.17, 15) is 4.39 Å². The highest BCUT2D eigenvalue weighted by molar-refractivity contribution is 7.13. The first kappa shape index (κ1) is 16.0. The molecule has 0 unspecified atom stereocenters. The zero-order valence-corrected chi connectivity index (χ0v) is 15.3. The smallest absolute Gasteiger partial charge is 0.127 e. The molecular weight excluding hydrogens is 331 g/mol. The van der Waals surface area contributed by atoms with Crippen LogP contribution in [0.4, 0.5) is 4.39 Å². The molecule has 4 aliphatic carbocycles. The quantitative estimate of drug-likeness (QED) is 0.844. The summed E-state index contributed by atoms with van der Waals surface area (Å²) in [6, 6.07) is 5.69. The lowest BCUT2D eigenvalue weighted by atomic mass is 9.48. The number of hydrogen-bond donors (Lipinski definition) is 1. The van der Waals surface area contributed by atoms with Crippen LogP contribution < -0.4 is 5.73 Å². The Bertz CT molecular complexity index is 762. The summed E-state index contributed by atoms with van der Waals surface area (Å²) in [4.78, 5) is 4.70. The van der Waals surface area contributed by atoms with Gasteiger partial charge in [-0.2, -0.15) is 0 Å². The van der Waals surface area contributed by atoms with Crippen LogP contribution in [0.2, 0.25) is 0 Å². The first-order chi connectivity index (χ1) is 12.1. The molecule has 0 atom stereocenters. The van der Waals surface area contributed by atoms with E-state index in [0.29, 0.717) is 6.54 Å². The van der Waals surface area contributed by atoms with Gasteiger partial charge in [-0.05, 0) is 92.0 Å². The summed E-state index contributed by atoms with van der Waals surface area (Å²) in [5.74, 6) is 2.46. The highest BCUT2D eigenvalue weighted by atomic mass is 32.1. The molecule has 4 fully saturated rings. The molecule has 4 aliphatic rings. The second-order valence-electron chi connectivity index (χ2n) is 8.58. The molecule has 2 aromatic rings. The number of nitrogens with zero attached hydrogens (tertiary/aromatic N) is 1. The van der Waals surface area contributed by atoms with Crippen molar-refractivity contribution in [3.63, 3.8) is 0 Å². The van der Waals surface area contributed by atoms with Crippen molar-refractivity contribution >= 4 is 11.3 Å². The van der Waals surface area contributed by atoms with Crippen LogP contribution in [0.3, 0.4) is 0 Å². The van der Waals surface area contributed by atoms with Crippen LogP contribution in [0, 0.1) is 23.6 Å². The summed E-state index contributed by atoms with van der Waals surface area (Å²) in [6.45, 7) is 0.616. The van der Waals surface area contributed by atoms with Crippen LogP contribution in [0.25, 0.3) is 10.6 Å². The molecule has 4 bridgehead atoms. The topological polar surface area (TPSA) is 38.9 Å². The highest BCUT2D eigenvalue weighted by Gasteiger charge is 2.52. The van der Waals surface area contributed by atoms with Gasteiger partial charge in [0.2, 0.25) is 0 Å². The third-order valence-electron chi connectivity index (χ3n) is 6.78. The van der Waals surface area contributed by atoms with Gasteiger partial charge in [0, 0.05) is 17.4 Å². The zero-order chi connectivity index (χ0) is 17.0. The molecule has 4 saturated carbocycles. The maximum Gasteiger partial charge on any atom is 0.127 e. The number of nitrogens with two attached hydrogens (primary N) is 1. The van der Waals surface area contributed by atoms with E-state index in [0.717, 1.165) is 46.0 Å². The largest absolute Gasteiger partial charge is 0.330 e. The van der Waals surface area contributed by atoms with Crippen molar-refractivity contribution in [1.82, 2.24) is 4.98 Å². The molecule has 25 heavy (non-hydrogen) atoms. The molecular formula is C21H25FN2S. The lowest BCUT2D eigenvalue weighted by molar-refractivity contribution is -0.00672. The second-order valence-corrected chi connectivity index (χ2v) is 9.43. The van der Waals surface area contributed by atoms with Crippen molar-refractivity contribution in [3.8, 4) is 10.6 Å². The minimum atomic E-state index is -0.00978. The molecule has 1 aromatic heterocycles. The normalized spacial score (nSPS) is 33.1. The third-order valence-corrected chi connectivity index (χ3v) is 7.72. The molecule has 0 spiro atoms. The first-order valence-corrected chi connectivity index (χ1v) is 10.5. The predicted molar refractivity (Wildman–Crippen MR) is 100 cm³/mol. The van der Waals surface area contributed by atoms with E-state index in [2.05, 4.69) is 11.4 Å². The maximum atomic E-state index is 14.9. The number of aromatic nitrogens is 1. The molecule has 0 saturated heterocycles. The lowest BCUT2D eigenvalue weighted by Gasteiger charge is -2.57. The van der Waals surface area contributed by atoms with Crippen molar-refractivity contribution in [1.29, 1.82) is 0 Å². The van der Waals surface area contributed by atoms with Crippen molar-refractivity contribution in [2.75, 3.05) is 6.54 Å². The second kappa shape index (κ2) is 5.88. The van der Waals surface area contributed by atoms with E-state index >= 15 is 0 Å². The number of halogens is 1. The molecule has 1 aromatic carbocycles. The standard InChI is InChI=1S/C21H25FN2S/c22-19-2-1-16(20-24-17(3-4-23)12-25-20)8-18(19)21-9-13-5-14(10-21)7-15(6-13)11-21/h1-2,8,12-15H,3-7,9-11,23H2. The third kappa shape index (κ3) is 2.65. The van der Waals surface area contributed by atoms with Crippen molar-refractivity contribution in [2.24, 2.45) is 23.5 Å². The molecule has 4 heteroatoms. The van der Waals surface area contributed by atoms with E-state index in [4.69, 9.17) is 10.7 Å². The summed E-state index contributed by atoms with van der Waals surface area (Å²) in [5, 5.41) is 3.07.